The van der Waals surface area contributed by atoms with Crippen LogP contribution < -0.4 is 0 Å². The van der Waals surface area contributed by atoms with Crippen molar-refractivity contribution >= 4 is 39.5 Å². The van der Waals surface area contributed by atoms with E-state index >= 15 is 0 Å². The normalized spacial score (nSPS) is 14.3. The Morgan fingerprint density at radius 1 is 0.312 bits per heavy atom. The number of unbranched alkanes of at least 4 members (excludes halogenated alkanes) is 33. The minimum Gasteiger partial charge on any atom is -0.462 e. The van der Waals surface area contributed by atoms with Crippen molar-refractivity contribution in [3.63, 3.8) is 0 Å². The van der Waals surface area contributed by atoms with Gasteiger partial charge >= 0.3 is 39.5 Å². The third-order valence-corrected chi connectivity index (χ3v) is 15.3. The van der Waals surface area contributed by atoms with Crippen molar-refractivity contribution in [1.82, 2.24) is 0 Å². The molecule has 0 amide bonds. The average Bonchev–Trinajstić information content (AvgIpc) is 3.40. The molecule has 0 saturated carbocycles. The van der Waals surface area contributed by atoms with Gasteiger partial charge in [-0.2, -0.15) is 0 Å². The molecule has 0 aromatic rings. The van der Waals surface area contributed by atoms with E-state index in [1.54, 1.807) is 0 Å². The predicted molar refractivity (Wildman–Crippen MR) is 303 cm³/mol. The zero-order valence-corrected chi connectivity index (χ0v) is 50.7. The molecule has 456 valence electrons. The molecule has 17 nitrogen and oxygen atoms in total. The second kappa shape index (κ2) is 53.4. The van der Waals surface area contributed by atoms with Crippen LogP contribution >= 0.6 is 15.6 Å². The molecule has 3 N–H and O–H groups in total. The summed E-state index contributed by atoms with van der Waals surface area (Å²) in [6, 6.07) is 0. The molecular weight excluding hydrogens is 1030 g/mol. The van der Waals surface area contributed by atoms with E-state index < -0.39 is 97.5 Å². The maximum Gasteiger partial charge on any atom is 0.472 e. The zero-order chi connectivity index (χ0) is 56.9. The lowest BCUT2D eigenvalue weighted by molar-refractivity contribution is -0.161. The van der Waals surface area contributed by atoms with Crippen molar-refractivity contribution in [3.05, 3.63) is 0 Å². The number of aliphatic hydroxyl groups excluding tert-OH is 1. The van der Waals surface area contributed by atoms with Crippen molar-refractivity contribution in [1.29, 1.82) is 0 Å². The van der Waals surface area contributed by atoms with Crippen molar-refractivity contribution in [2.24, 2.45) is 0 Å². The number of phosphoric ester groups is 2. The summed E-state index contributed by atoms with van der Waals surface area (Å²) in [4.78, 5) is 71.8. The molecule has 2 unspecified atom stereocenters. The highest BCUT2D eigenvalue weighted by Gasteiger charge is 2.30. The Hall–Kier alpha value is -1.94. The standard InChI is InChI=1S/C58H112O17P2/c1-5-9-13-17-21-25-29-31-35-39-43-56(61)69-49-54(75-58(63)45-41-37-33-28-24-20-16-12-8-4)51-73-77(66,67)71-47-52(59)46-70-76(64,65)72-50-53(74-57(62)44-40-36-32-27-23-19-15-11-7-3)48-68-55(60)42-38-34-30-26-22-18-14-10-6-2/h52-54,59H,5-51H2,1-4H3,(H,64,65)(H,66,67)/t52-,53-,54-/m1/s1. The molecule has 0 aromatic heterocycles. The Kier molecular flexibility index (Phi) is 52.0. The van der Waals surface area contributed by atoms with Gasteiger partial charge in [-0.25, -0.2) is 9.13 Å². The third-order valence-electron chi connectivity index (χ3n) is 13.4. The van der Waals surface area contributed by atoms with Gasteiger partial charge < -0.3 is 33.8 Å². The van der Waals surface area contributed by atoms with Crippen LogP contribution in [-0.4, -0.2) is 96.7 Å². The number of hydrogen-bond acceptors (Lipinski definition) is 15. The first kappa shape index (κ1) is 75.1. The largest absolute Gasteiger partial charge is 0.472 e. The summed E-state index contributed by atoms with van der Waals surface area (Å²) in [5.41, 5.74) is 0. The molecule has 0 radical (unpaired) electrons. The molecule has 0 heterocycles. The smallest absolute Gasteiger partial charge is 0.462 e. The fourth-order valence-corrected chi connectivity index (χ4v) is 10.2. The summed E-state index contributed by atoms with van der Waals surface area (Å²) in [5.74, 6) is -2.14. The number of hydrogen-bond donors (Lipinski definition) is 3. The minimum absolute atomic E-state index is 0.106. The van der Waals surface area contributed by atoms with Gasteiger partial charge in [0.25, 0.3) is 0 Å². The van der Waals surface area contributed by atoms with Crippen LogP contribution in [0, 0.1) is 0 Å². The van der Waals surface area contributed by atoms with Gasteiger partial charge in [-0.15, -0.1) is 0 Å². The van der Waals surface area contributed by atoms with E-state index in [1.807, 2.05) is 0 Å². The van der Waals surface area contributed by atoms with E-state index in [9.17, 15) is 43.2 Å². The first-order chi connectivity index (χ1) is 37.2. The van der Waals surface area contributed by atoms with Crippen molar-refractivity contribution in [2.45, 2.75) is 309 Å². The van der Waals surface area contributed by atoms with E-state index in [0.29, 0.717) is 25.7 Å². The van der Waals surface area contributed by atoms with Crippen molar-refractivity contribution in [2.75, 3.05) is 39.6 Å². The fourth-order valence-electron chi connectivity index (χ4n) is 8.57. The van der Waals surface area contributed by atoms with Crippen molar-refractivity contribution in [3.8, 4) is 0 Å². The molecule has 5 atom stereocenters. The first-order valence-corrected chi connectivity index (χ1v) is 33.8. The summed E-state index contributed by atoms with van der Waals surface area (Å²) in [5, 5.41) is 10.5. The monoisotopic (exact) mass is 1140 g/mol. The molecule has 0 bridgehead atoms. The number of esters is 4. The van der Waals surface area contributed by atoms with E-state index in [4.69, 9.17) is 37.0 Å². The van der Waals surface area contributed by atoms with Gasteiger partial charge in [0.1, 0.15) is 19.3 Å². The summed E-state index contributed by atoms with van der Waals surface area (Å²) < 4.78 is 67.6. The van der Waals surface area contributed by atoms with Gasteiger partial charge in [-0.1, -0.05) is 240 Å². The second-order valence-corrected chi connectivity index (χ2v) is 23.9. The third kappa shape index (κ3) is 53.2. The lowest BCUT2D eigenvalue weighted by atomic mass is 10.1. The van der Waals surface area contributed by atoms with Gasteiger partial charge in [0.05, 0.1) is 26.4 Å². The summed E-state index contributed by atoms with van der Waals surface area (Å²) in [6.07, 6.45) is 36.1. The molecule has 0 saturated heterocycles. The fraction of sp³-hybridized carbons (Fsp3) is 0.931. The molecule has 0 aromatic carbocycles. The van der Waals surface area contributed by atoms with Crippen LogP contribution in [-0.2, 0) is 65.4 Å². The highest BCUT2D eigenvalue weighted by Crippen LogP contribution is 2.45. The molecule has 0 fully saturated rings. The molecule has 0 aliphatic heterocycles. The van der Waals surface area contributed by atoms with E-state index in [2.05, 4.69) is 27.7 Å². The molecule has 0 aliphatic rings. The van der Waals surface area contributed by atoms with Gasteiger partial charge in [0, 0.05) is 25.7 Å². The summed E-state index contributed by atoms with van der Waals surface area (Å²) >= 11 is 0. The molecule has 0 aliphatic carbocycles. The van der Waals surface area contributed by atoms with Gasteiger partial charge in [0.2, 0.25) is 0 Å². The van der Waals surface area contributed by atoms with Crippen LogP contribution in [0.25, 0.3) is 0 Å². The number of carbonyl (C=O) groups excluding carboxylic acids is 4. The lowest BCUT2D eigenvalue weighted by Crippen LogP contribution is -2.30. The SMILES string of the molecule is CCCCCCCCCCCCC(=O)OC[C@H](COP(=O)(O)OC[C@H](O)COP(=O)(O)OC[C@@H](COC(=O)CCCCCCCCCCC)OC(=O)CCCCCCCCCCC)OC(=O)CCCCCCCCCCC. The maximum atomic E-state index is 12.9. The molecule has 0 spiro atoms. The van der Waals surface area contributed by atoms with Crippen LogP contribution in [0.3, 0.4) is 0 Å². The van der Waals surface area contributed by atoms with Crippen LogP contribution in [0.15, 0.2) is 0 Å². The Balaban J connectivity index is 5.21. The van der Waals surface area contributed by atoms with Gasteiger partial charge in [-0.05, 0) is 25.7 Å². The highest BCUT2D eigenvalue weighted by atomic mass is 31.2. The van der Waals surface area contributed by atoms with Crippen LogP contribution in [0.1, 0.15) is 291 Å². The quantitative estimate of drug-likeness (QED) is 0.0222. The van der Waals surface area contributed by atoms with Crippen LogP contribution in [0.2, 0.25) is 0 Å². The number of phosphoric acid groups is 2. The molecule has 19 heteroatoms. The Labute approximate surface area is 467 Å². The van der Waals surface area contributed by atoms with Crippen LogP contribution in [0.4, 0.5) is 0 Å². The first-order valence-electron chi connectivity index (χ1n) is 30.8. The van der Waals surface area contributed by atoms with E-state index in [1.165, 1.54) is 122 Å². The Morgan fingerprint density at radius 2 is 0.519 bits per heavy atom. The maximum absolute atomic E-state index is 12.9. The predicted octanol–water partition coefficient (Wildman–Crippen LogP) is 15.6. The highest BCUT2D eigenvalue weighted by molar-refractivity contribution is 7.47. The molecule has 77 heavy (non-hydrogen) atoms. The topological polar surface area (TPSA) is 237 Å². The van der Waals surface area contributed by atoms with Crippen molar-refractivity contribution < 1.29 is 80.2 Å². The number of ether oxygens (including phenoxy) is 4. The summed E-state index contributed by atoms with van der Waals surface area (Å²) in [7, 11) is -9.86. The second-order valence-electron chi connectivity index (χ2n) is 21.0. The van der Waals surface area contributed by atoms with E-state index in [-0.39, 0.29) is 25.7 Å². The zero-order valence-electron chi connectivity index (χ0n) is 48.9. The minimum atomic E-state index is -4.93. The van der Waals surface area contributed by atoms with E-state index in [0.717, 1.165) is 89.9 Å². The van der Waals surface area contributed by atoms with Gasteiger partial charge in [-0.3, -0.25) is 37.3 Å². The average molecular weight is 1140 g/mol. The van der Waals surface area contributed by atoms with Gasteiger partial charge in [0.15, 0.2) is 12.2 Å². The number of aliphatic hydroxyl groups is 1. The lowest BCUT2D eigenvalue weighted by Gasteiger charge is -2.21. The summed E-state index contributed by atoms with van der Waals surface area (Å²) in [6.45, 7) is 4.79. The van der Waals surface area contributed by atoms with Crippen LogP contribution in [0.5, 0.6) is 0 Å². The Bertz CT molecular complexity index is 1500. The molecule has 0 rings (SSSR count). The number of carbonyl (C=O) groups is 4. The molecular formula is C58H112O17P2. The number of rotatable bonds is 59. The Morgan fingerprint density at radius 3 is 0.766 bits per heavy atom.